The molecule has 3 nitrogen and oxygen atoms in total. The first-order chi connectivity index (χ1) is 4.77. The minimum absolute atomic E-state index is 0.567. The predicted molar refractivity (Wildman–Crippen MR) is 42.6 cm³/mol. The zero-order valence-electron chi connectivity index (χ0n) is 5.92. The first-order valence-electron chi connectivity index (χ1n) is 2.76. The van der Waals surface area contributed by atoms with Crippen molar-refractivity contribution in [2.75, 3.05) is 7.11 Å². The van der Waals surface area contributed by atoms with E-state index in [1.807, 2.05) is 6.92 Å². The topological polar surface area (TPSA) is 34.5 Å². The predicted octanol–water partition coefficient (Wildman–Crippen LogP) is 1.79. The van der Waals surface area contributed by atoms with Gasteiger partial charge in [-0.05, 0) is 13.6 Å². The van der Waals surface area contributed by atoms with Crippen LogP contribution in [-0.2, 0) is 0 Å². The Morgan fingerprint density at radius 1 is 1.70 bits per heavy atom. The molecule has 54 valence electrons. The molecule has 1 rings (SSSR count). The van der Waals surface area contributed by atoms with E-state index in [2.05, 4.69) is 16.7 Å². The molecule has 0 aliphatic rings. The van der Waals surface area contributed by atoms with Crippen LogP contribution in [0.5, 0.6) is 5.88 Å². The molecule has 0 fully saturated rings. The highest BCUT2D eigenvalue weighted by Gasteiger charge is 2.05. The van der Waals surface area contributed by atoms with Crippen molar-refractivity contribution in [3.05, 3.63) is 5.01 Å². The zero-order chi connectivity index (χ0) is 7.56. The summed E-state index contributed by atoms with van der Waals surface area (Å²) in [6, 6.07) is 0. The molecular weight excluding hydrogens is 148 g/mol. The number of thiazole rings is 1. The second-order valence-electron chi connectivity index (χ2n) is 1.71. The van der Waals surface area contributed by atoms with Crippen LogP contribution in [-0.4, -0.2) is 18.8 Å². The van der Waals surface area contributed by atoms with Crippen LogP contribution in [0, 0.1) is 6.92 Å². The average molecular weight is 156 g/mol. The quantitative estimate of drug-likeness (QED) is 0.612. The maximum absolute atomic E-state index is 4.92. The fraction of sp³-hybridized carbons (Fsp3) is 0.333. The van der Waals surface area contributed by atoms with Gasteiger partial charge in [0.1, 0.15) is 0 Å². The van der Waals surface area contributed by atoms with E-state index >= 15 is 0 Å². The van der Waals surface area contributed by atoms with Gasteiger partial charge in [-0.25, -0.2) is 9.98 Å². The van der Waals surface area contributed by atoms with Crippen LogP contribution >= 0.6 is 11.3 Å². The van der Waals surface area contributed by atoms with Gasteiger partial charge in [0.25, 0.3) is 5.88 Å². The molecule has 0 saturated heterocycles. The van der Waals surface area contributed by atoms with Crippen LogP contribution in [0.3, 0.4) is 0 Å². The number of aromatic nitrogens is 1. The van der Waals surface area contributed by atoms with Gasteiger partial charge in [0.15, 0.2) is 5.00 Å². The molecule has 0 saturated carbocycles. The highest BCUT2D eigenvalue weighted by atomic mass is 32.1. The van der Waals surface area contributed by atoms with Crippen LogP contribution in [0.25, 0.3) is 0 Å². The molecule has 0 atom stereocenters. The fourth-order valence-corrected chi connectivity index (χ4v) is 1.32. The van der Waals surface area contributed by atoms with Gasteiger partial charge in [0, 0.05) is 0 Å². The molecule has 0 bridgehead atoms. The zero-order valence-corrected chi connectivity index (χ0v) is 6.73. The lowest BCUT2D eigenvalue weighted by Crippen LogP contribution is -1.81. The van der Waals surface area contributed by atoms with E-state index in [-0.39, 0.29) is 0 Å². The molecule has 0 spiro atoms. The van der Waals surface area contributed by atoms with E-state index in [0.717, 1.165) is 10.0 Å². The third kappa shape index (κ3) is 1.16. The molecule has 10 heavy (non-hydrogen) atoms. The summed E-state index contributed by atoms with van der Waals surface area (Å²) < 4.78 is 4.92. The van der Waals surface area contributed by atoms with E-state index in [1.165, 1.54) is 11.3 Å². The average Bonchev–Trinajstić information content (AvgIpc) is 2.30. The lowest BCUT2D eigenvalue weighted by atomic mass is 10.7. The van der Waals surface area contributed by atoms with Crippen molar-refractivity contribution in [1.29, 1.82) is 0 Å². The Morgan fingerprint density at radius 2 is 2.40 bits per heavy atom. The lowest BCUT2D eigenvalue weighted by molar-refractivity contribution is 0.401. The van der Waals surface area contributed by atoms with E-state index in [1.54, 1.807) is 7.11 Å². The number of ether oxygens (including phenoxy) is 1. The van der Waals surface area contributed by atoms with Crippen molar-refractivity contribution in [2.45, 2.75) is 6.92 Å². The SMILES string of the molecule is C=Nc1sc(C)nc1OC. The van der Waals surface area contributed by atoms with Crippen LogP contribution in [0.4, 0.5) is 5.00 Å². The lowest BCUT2D eigenvalue weighted by Gasteiger charge is -1.90. The molecule has 0 aromatic carbocycles. The molecule has 1 heterocycles. The van der Waals surface area contributed by atoms with Crippen LogP contribution in [0.2, 0.25) is 0 Å². The first-order valence-corrected chi connectivity index (χ1v) is 3.57. The normalized spacial score (nSPS) is 9.40. The van der Waals surface area contributed by atoms with Crippen LogP contribution in [0.1, 0.15) is 5.01 Å². The van der Waals surface area contributed by atoms with Gasteiger partial charge in [-0.3, -0.25) is 0 Å². The number of aryl methyl sites for hydroxylation is 1. The first kappa shape index (κ1) is 7.21. The third-order valence-corrected chi connectivity index (χ3v) is 1.91. The summed E-state index contributed by atoms with van der Waals surface area (Å²) in [4.78, 5) is 7.81. The Morgan fingerprint density at radius 3 is 2.80 bits per heavy atom. The summed E-state index contributed by atoms with van der Waals surface area (Å²) in [5.74, 6) is 0.567. The van der Waals surface area contributed by atoms with E-state index < -0.39 is 0 Å². The maximum atomic E-state index is 4.92. The summed E-state index contributed by atoms with van der Waals surface area (Å²) in [5, 5.41) is 1.69. The molecule has 4 heteroatoms. The largest absolute Gasteiger partial charge is 0.479 e. The number of rotatable bonds is 2. The minimum atomic E-state index is 0.567. The summed E-state index contributed by atoms with van der Waals surface area (Å²) in [5.41, 5.74) is 0. The molecule has 0 radical (unpaired) electrons. The van der Waals surface area contributed by atoms with Gasteiger partial charge in [-0.1, -0.05) is 11.3 Å². The summed E-state index contributed by atoms with van der Waals surface area (Å²) in [6.07, 6.45) is 0. The van der Waals surface area contributed by atoms with Crippen molar-refractivity contribution in [2.24, 2.45) is 4.99 Å². The monoisotopic (exact) mass is 156 g/mol. The van der Waals surface area contributed by atoms with Crippen molar-refractivity contribution in [1.82, 2.24) is 4.98 Å². The van der Waals surface area contributed by atoms with Gasteiger partial charge in [-0.15, -0.1) is 0 Å². The highest BCUT2D eigenvalue weighted by molar-refractivity contribution is 7.15. The molecule has 0 amide bonds. The fourth-order valence-electron chi connectivity index (χ4n) is 0.630. The Labute approximate surface area is 63.4 Å². The van der Waals surface area contributed by atoms with Crippen LogP contribution in [0.15, 0.2) is 4.99 Å². The molecule has 0 N–H and O–H groups in total. The molecule has 0 aliphatic heterocycles. The summed E-state index contributed by atoms with van der Waals surface area (Å²) >= 11 is 1.47. The number of hydrogen-bond donors (Lipinski definition) is 0. The summed E-state index contributed by atoms with van der Waals surface area (Å²) in [7, 11) is 1.57. The molecule has 1 aromatic heterocycles. The number of methoxy groups -OCH3 is 1. The Balaban J connectivity index is 3.08. The van der Waals surface area contributed by atoms with Gasteiger partial charge >= 0.3 is 0 Å². The minimum Gasteiger partial charge on any atom is -0.479 e. The molecule has 0 unspecified atom stereocenters. The van der Waals surface area contributed by atoms with Crippen molar-refractivity contribution >= 4 is 23.1 Å². The maximum Gasteiger partial charge on any atom is 0.251 e. The van der Waals surface area contributed by atoms with Crippen LogP contribution < -0.4 is 4.74 Å². The van der Waals surface area contributed by atoms with E-state index in [4.69, 9.17) is 4.74 Å². The summed E-state index contributed by atoms with van der Waals surface area (Å²) in [6.45, 7) is 5.30. The smallest absolute Gasteiger partial charge is 0.251 e. The third-order valence-electron chi connectivity index (χ3n) is 1.02. The molecule has 0 aliphatic carbocycles. The number of nitrogens with zero attached hydrogens (tertiary/aromatic N) is 2. The van der Waals surface area contributed by atoms with Crippen molar-refractivity contribution < 1.29 is 4.74 Å². The molecular formula is C6H8N2OS. The second kappa shape index (κ2) is 2.79. The van der Waals surface area contributed by atoms with Gasteiger partial charge in [0.2, 0.25) is 0 Å². The highest BCUT2D eigenvalue weighted by Crippen LogP contribution is 2.32. The number of hydrogen-bond acceptors (Lipinski definition) is 4. The Bertz CT molecular complexity index is 244. The van der Waals surface area contributed by atoms with Crippen molar-refractivity contribution in [3.63, 3.8) is 0 Å². The van der Waals surface area contributed by atoms with Gasteiger partial charge in [-0.2, -0.15) is 0 Å². The number of aliphatic imine (C=N–C) groups is 1. The Kier molecular flexibility index (Phi) is 2.01. The van der Waals surface area contributed by atoms with E-state index in [9.17, 15) is 0 Å². The van der Waals surface area contributed by atoms with Gasteiger partial charge < -0.3 is 4.74 Å². The standard InChI is InChI=1S/C6H8N2OS/c1-4-8-5(9-3)6(7-2)10-4/h2H2,1,3H3. The Hall–Kier alpha value is -0.900. The van der Waals surface area contributed by atoms with Crippen molar-refractivity contribution in [3.8, 4) is 5.88 Å². The van der Waals surface area contributed by atoms with E-state index in [0.29, 0.717) is 5.88 Å². The van der Waals surface area contributed by atoms with Gasteiger partial charge in [0.05, 0.1) is 12.1 Å². The second-order valence-corrected chi connectivity index (χ2v) is 2.89. The molecule has 1 aromatic rings.